The second-order valence-corrected chi connectivity index (χ2v) is 4.65. The smallest absolute Gasteiger partial charge is 0.239 e. The van der Waals surface area contributed by atoms with Crippen molar-refractivity contribution < 1.29 is 9.21 Å². The quantitative estimate of drug-likeness (QED) is 0.890. The third-order valence-electron chi connectivity index (χ3n) is 2.41. The van der Waals surface area contributed by atoms with E-state index in [0.717, 1.165) is 5.69 Å². The fourth-order valence-electron chi connectivity index (χ4n) is 1.45. The lowest BCUT2D eigenvalue weighted by Crippen LogP contribution is -2.29. The van der Waals surface area contributed by atoms with Crippen molar-refractivity contribution in [3.05, 3.63) is 52.4 Å². The predicted molar refractivity (Wildman–Crippen MR) is 75.5 cm³/mol. The highest BCUT2D eigenvalue weighted by Gasteiger charge is 2.04. The van der Waals surface area contributed by atoms with Gasteiger partial charge in [0.2, 0.25) is 5.91 Å². The number of nitrogens with one attached hydrogen (secondary N) is 2. The SMILES string of the molecule is O=C(CNc1ccc(Cl)c(Cl)c1)NCc1ccco1. The fraction of sp³-hybridized carbons (Fsp3) is 0.154. The Morgan fingerprint density at radius 1 is 1.21 bits per heavy atom. The lowest BCUT2D eigenvalue weighted by molar-refractivity contribution is -0.119. The molecule has 0 aliphatic heterocycles. The van der Waals surface area contributed by atoms with Crippen LogP contribution in [0.3, 0.4) is 0 Å². The van der Waals surface area contributed by atoms with Crippen LogP contribution in [0.2, 0.25) is 10.0 Å². The first-order valence-electron chi connectivity index (χ1n) is 5.63. The van der Waals surface area contributed by atoms with Gasteiger partial charge in [0, 0.05) is 5.69 Å². The number of carbonyl (C=O) groups is 1. The van der Waals surface area contributed by atoms with Crippen molar-refractivity contribution in [1.29, 1.82) is 0 Å². The van der Waals surface area contributed by atoms with Crippen molar-refractivity contribution in [2.24, 2.45) is 0 Å². The first kappa shape index (κ1) is 13.8. The summed E-state index contributed by atoms with van der Waals surface area (Å²) in [5, 5.41) is 6.61. The van der Waals surface area contributed by atoms with E-state index in [9.17, 15) is 4.79 Å². The molecule has 0 radical (unpaired) electrons. The number of hydrogen-bond acceptors (Lipinski definition) is 3. The summed E-state index contributed by atoms with van der Waals surface area (Å²) in [6.07, 6.45) is 1.56. The maximum atomic E-state index is 11.6. The Morgan fingerprint density at radius 3 is 2.74 bits per heavy atom. The zero-order valence-corrected chi connectivity index (χ0v) is 11.5. The van der Waals surface area contributed by atoms with Gasteiger partial charge in [-0.05, 0) is 30.3 Å². The predicted octanol–water partition coefficient (Wildman–Crippen LogP) is 3.31. The number of amides is 1. The Kier molecular flexibility index (Phi) is 4.71. The largest absolute Gasteiger partial charge is 0.467 e. The molecular weight excluding hydrogens is 287 g/mol. The second-order valence-electron chi connectivity index (χ2n) is 3.84. The van der Waals surface area contributed by atoms with Crippen LogP contribution in [-0.2, 0) is 11.3 Å². The summed E-state index contributed by atoms with van der Waals surface area (Å²) in [5.41, 5.74) is 0.738. The summed E-state index contributed by atoms with van der Waals surface area (Å²) in [4.78, 5) is 11.6. The van der Waals surface area contributed by atoms with E-state index in [-0.39, 0.29) is 12.5 Å². The van der Waals surface area contributed by atoms with Gasteiger partial charge in [-0.3, -0.25) is 4.79 Å². The molecule has 0 unspecified atom stereocenters. The van der Waals surface area contributed by atoms with E-state index in [1.807, 2.05) is 0 Å². The van der Waals surface area contributed by atoms with Crippen LogP contribution in [-0.4, -0.2) is 12.5 Å². The number of furan rings is 1. The van der Waals surface area contributed by atoms with Gasteiger partial charge in [0.1, 0.15) is 5.76 Å². The first-order chi connectivity index (χ1) is 9.15. The van der Waals surface area contributed by atoms with Gasteiger partial charge in [0.15, 0.2) is 0 Å². The van der Waals surface area contributed by atoms with Crippen molar-refractivity contribution in [2.45, 2.75) is 6.54 Å². The van der Waals surface area contributed by atoms with E-state index < -0.39 is 0 Å². The molecule has 2 rings (SSSR count). The van der Waals surface area contributed by atoms with Gasteiger partial charge >= 0.3 is 0 Å². The number of benzene rings is 1. The summed E-state index contributed by atoms with van der Waals surface area (Å²) in [6, 6.07) is 8.67. The van der Waals surface area contributed by atoms with Crippen molar-refractivity contribution in [3.63, 3.8) is 0 Å². The Balaban J connectivity index is 1.78. The summed E-state index contributed by atoms with van der Waals surface area (Å²) in [6.45, 7) is 0.521. The highest BCUT2D eigenvalue weighted by Crippen LogP contribution is 2.24. The monoisotopic (exact) mass is 298 g/mol. The molecule has 0 atom stereocenters. The topological polar surface area (TPSA) is 54.3 Å². The molecular formula is C13H12Cl2N2O2. The van der Waals surface area contributed by atoms with Gasteiger partial charge in [-0.1, -0.05) is 23.2 Å². The lowest BCUT2D eigenvalue weighted by Gasteiger charge is -2.07. The van der Waals surface area contributed by atoms with Crippen molar-refractivity contribution in [2.75, 3.05) is 11.9 Å². The third kappa shape index (κ3) is 4.19. The zero-order chi connectivity index (χ0) is 13.7. The second kappa shape index (κ2) is 6.50. The van der Waals surface area contributed by atoms with Crippen LogP contribution in [0, 0.1) is 0 Å². The molecule has 0 aliphatic rings. The molecule has 0 saturated carbocycles. The van der Waals surface area contributed by atoms with Crippen LogP contribution < -0.4 is 10.6 Å². The molecule has 0 saturated heterocycles. The molecule has 0 aliphatic carbocycles. The Bertz CT molecular complexity index is 556. The molecule has 0 bridgehead atoms. The minimum atomic E-state index is -0.137. The number of carbonyl (C=O) groups excluding carboxylic acids is 1. The Labute approximate surface area is 120 Å². The van der Waals surface area contributed by atoms with Gasteiger partial charge in [-0.2, -0.15) is 0 Å². The summed E-state index contributed by atoms with van der Waals surface area (Å²) in [5.74, 6) is 0.574. The van der Waals surface area contributed by atoms with Gasteiger partial charge in [-0.25, -0.2) is 0 Å². The molecule has 6 heteroatoms. The molecule has 100 valence electrons. The summed E-state index contributed by atoms with van der Waals surface area (Å²) < 4.78 is 5.11. The average molecular weight is 299 g/mol. The first-order valence-corrected chi connectivity index (χ1v) is 6.39. The standard InChI is InChI=1S/C13H12Cl2N2O2/c14-11-4-3-9(6-12(11)15)16-8-13(18)17-7-10-2-1-5-19-10/h1-6,16H,7-8H2,(H,17,18). The molecule has 1 heterocycles. The van der Waals surface area contributed by atoms with Gasteiger partial charge < -0.3 is 15.1 Å². The molecule has 2 N–H and O–H groups in total. The normalized spacial score (nSPS) is 10.2. The number of hydrogen-bond donors (Lipinski definition) is 2. The van der Waals surface area contributed by atoms with E-state index in [4.69, 9.17) is 27.6 Å². The van der Waals surface area contributed by atoms with Crippen LogP contribution in [0.4, 0.5) is 5.69 Å². The summed E-state index contributed by atoms with van der Waals surface area (Å²) in [7, 11) is 0. The van der Waals surface area contributed by atoms with Crippen molar-refractivity contribution in [1.82, 2.24) is 5.32 Å². The van der Waals surface area contributed by atoms with E-state index in [2.05, 4.69) is 10.6 Å². The lowest BCUT2D eigenvalue weighted by atomic mass is 10.3. The fourth-order valence-corrected chi connectivity index (χ4v) is 1.75. The average Bonchev–Trinajstić information content (AvgIpc) is 2.91. The number of rotatable bonds is 5. The Hall–Kier alpha value is -1.65. The molecule has 19 heavy (non-hydrogen) atoms. The molecule has 0 spiro atoms. The van der Waals surface area contributed by atoms with Crippen molar-refractivity contribution >= 4 is 34.8 Å². The van der Waals surface area contributed by atoms with E-state index >= 15 is 0 Å². The van der Waals surface area contributed by atoms with Gasteiger partial charge in [0.25, 0.3) is 0 Å². The minimum absolute atomic E-state index is 0.137. The molecule has 0 fully saturated rings. The van der Waals surface area contributed by atoms with Crippen LogP contribution in [0.15, 0.2) is 41.0 Å². The maximum absolute atomic E-state index is 11.6. The molecule has 1 aromatic heterocycles. The van der Waals surface area contributed by atoms with E-state index in [1.54, 1.807) is 36.6 Å². The van der Waals surface area contributed by atoms with Crippen LogP contribution in [0.5, 0.6) is 0 Å². The highest BCUT2D eigenvalue weighted by molar-refractivity contribution is 6.42. The van der Waals surface area contributed by atoms with E-state index in [1.165, 1.54) is 0 Å². The third-order valence-corrected chi connectivity index (χ3v) is 3.15. The van der Waals surface area contributed by atoms with E-state index in [0.29, 0.717) is 22.4 Å². The molecule has 1 amide bonds. The summed E-state index contributed by atoms with van der Waals surface area (Å²) >= 11 is 11.7. The molecule has 1 aromatic carbocycles. The maximum Gasteiger partial charge on any atom is 0.239 e. The van der Waals surface area contributed by atoms with Crippen molar-refractivity contribution in [3.8, 4) is 0 Å². The van der Waals surface area contributed by atoms with Crippen LogP contribution in [0.1, 0.15) is 5.76 Å². The van der Waals surface area contributed by atoms with Gasteiger partial charge in [0.05, 0.1) is 29.4 Å². The zero-order valence-electron chi connectivity index (χ0n) is 9.95. The van der Waals surface area contributed by atoms with Crippen LogP contribution >= 0.6 is 23.2 Å². The number of halogens is 2. The minimum Gasteiger partial charge on any atom is -0.467 e. The highest BCUT2D eigenvalue weighted by atomic mass is 35.5. The Morgan fingerprint density at radius 2 is 2.05 bits per heavy atom. The molecule has 4 nitrogen and oxygen atoms in total. The molecule has 2 aromatic rings. The van der Waals surface area contributed by atoms with Gasteiger partial charge in [-0.15, -0.1) is 0 Å². The van der Waals surface area contributed by atoms with Crippen LogP contribution in [0.25, 0.3) is 0 Å². The number of anilines is 1.